The van der Waals surface area contributed by atoms with Crippen LogP contribution in [-0.4, -0.2) is 38.1 Å². The molecular weight excluding hydrogens is 244 g/mol. The highest BCUT2D eigenvalue weighted by atomic mass is 16.7. The van der Waals surface area contributed by atoms with E-state index in [4.69, 9.17) is 14.3 Å². The van der Waals surface area contributed by atoms with Crippen molar-refractivity contribution < 1.29 is 14.3 Å². The van der Waals surface area contributed by atoms with Gasteiger partial charge in [0.1, 0.15) is 7.11 Å². The van der Waals surface area contributed by atoms with Crippen LogP contribution in [0.15, 0.2) is 17.3 Å². The summed E-state index contributed by atoms with van der Waals surface area (Å²) in [5.74, 6) is 1.68. The minimum absolute atomic E-state index is 0.299. The molecule has 1 aromatic carbocycles. The van der Waals surface area contributed by atoms with Crippen LogP contribution in [0.3, 0.4) is 0 Å². The van der Waals surface area contributed by atoms with Crippen molar-refractivity contribution in [3.05, 3.63) is 23.3 Å². The van der Waals surface area contributed by atoms with E-state index in [0.717, 1.165) is 42.3 Å². The van der Waals surface area contributed by atoms with Gasteiger partial charge >= 0.3 is 0 Å². The molecule has 3 rings (SSSR count). The summed E-state index contributed by atoms with van der Waals surface area (Å²) >= 11 is 0. The molecule has 1 fully saturated rings. The molecule has 102 valence electrons. The first-order valence-corrected chi connectivity index (χ1v) is 6.59. The fraction of sp³-hybridized carbons (Fsp3) is 0.500. The van der Waals surface area contributed by atoms with Crippen molar-refractivity contribution in [2.75, 3.05) is 27.0 Å². The second kappa shape index (κ2) is 5.48. The summed E-state index contributed by atoms with van der Waals surface area (Å²) in [6.45, 7) is 3.46. The molecule has 0 N–H and O–H groups in total. The van der Waals surface area contributed by atoms with Gasteiger partial charge in [-0.25, -0.2) is 0 Å². The van der Waals surface area contributed by atoms with Crippen molar-refractivity contribution in [3.63, 3.8) is 0 Å². The summed E-state index contributed by atoms with van der Waals surface area (Å²) in [6, 6.07) is 3.92. The van der Waals surface area contributed by atoms with Crippen molar-refractivity contribution in [1.29, 1.82) is 0 Å². The van der Waals surface area contributed by atoms with Crippen LogP contribution >= 0.6 is 0 Å². The normalized spacial score (nSPS) is 18.4. The summed E-state index contributed by atoms with van der Waals surface area (Å²) in [5.41, 5.74) is 2.16. The minimum atomic E-state index is 0.299. The zero-order valence-corrected chi connectivity index (χ0v) is 11.1. The van der Waals surface area contributed by atoms with E-state index in [1.807, 2.05) is 12.1 Å². The molecule has 2 heterocycles. The summed E-state index contributed by atoms with van der Waals surface area (Å²) in [5, 5.41) is 3.86. The standard InChI is InChI=1S/C14H18N2O3/c1-17-15-8-11-4-5-13-14(19-10-18-13)12(11)9-16-6-2-3-7-16/h4-5,8H,2-3,6-7,9-10H2,1H3/b15-8+. The molecule has 0 spiro atoms. The molecule has 1 aromatic rings. The second-order valence-corrected chi connectivity index (χ2v) is 4.77. The van der Waals surface area contributed by atoms with Gasteiger partial charge in [-0.1, -0.05) is 5.16 Å². The minimum Gasteiger partial charge on any atom is -0.454 e. The van der Waals surface area contributed by atoms with Crippen LogP contribution in [0.2, 0.25) is 0 Å². The molecule has 19 heavy (non-hydrogen) atoms. The fourth-order valence-corrected chi connectivity index (χ4v) is 2.60. The highest BCUT2D eigenvalue weighted by Crippen LogP contribution is 2.38. The predicted molar refractivity (Wildman–Crippen MR) is 71.7 cm³/mol. The highest BCUT2D eigenvalue weighted by molar-refractivity contribution is 5.83. The van der Waals surface area contributed by atoms with E-state index in [-0.39, 0.29) is 0 Å². The third kappa shape index (κ3) is 2.51. The number of ether oxygens (including phenoxy) is 2. The van der Waals surface area contributed by atoms with Crippen LogP contribution < -0.4 is 9.47 Å². The Balaban J connectivity index is 1.92. The molecule has 0 unspecified atom stereocenters. The highest BCUT2D eigenvalue weighted by Gasteiger charge is 2.23. The SMILES string of the molecule is CO/N=C/c1ccc2c(c1CN1CCCC1)OCO2. The molecule has 5 nitrogen and oxygen atoms in total. The number of fused-ring (bicyclic) bond motifs is 1. The number of oxime groups is 1. The zero-order valence-electron chi connectivity index (χ0n) is 11.1. The van der Waals surface area contributed by atoms with Crippen LogP contribution in [0.25, 0.3) is 0 Å². The van der Waals surface area contributed by atoms with Crippen molar-refractivity contribution in [3.8, 4) is 11.5 Å². The van der Waals surface area contributed by atoms with Gasteiger partial charge in [-0.3, -0.25) is 4.90 Å². The lowest BCUT2D eigenvalue weighted by Crippen LogP contribution is -2.19. The van der Waals surface area contributed by atoms with Gasteiger partial charge in [-0.2, -0.15) is 0 Å². The molecule has 0 aromatic heterocycles. The molecule has 0 amide bonds. The van der Waals surface area contributed by atoms with E-state index >= 15 is 0 Å². The zero-order chi connectivity index (χ0) is 13.1. The smallest absolute Gasteiger partial charge is 0.231 e. The van der Waals surface area contributed by atoms with Crippen molar-refractivity contribution in [2.24, 2.45) is 5.16 Å². The Morgan fingerprint density at radius 1 is 1.32 bits per heavy atom. The summed E-state index contributed by atoms with van der Waals surface area (Å²) in [7, 11) is 1.55. The lowest BCUT2D eigenvalue weighted by Gasteiger charge is -2.17. The predicted octanol–water partition coefficient (Wildman–Crippen LogP) is 1.99. The molecular formula is C14H18N2O3. The van der Waals surface area contributed by atoms with Crippen LogP contribution in [0, 0.1) is 0 Å². The number of rotatable bonds is 4. The first-order chi connectivity index (χ1) is 9.38. The summed E-state index contributed by atoms with van der Waals surface area (Å²) in [6.07, 6.45) is 4.27. The van der Waals surface area contributed by atoms with Gasteiger partial charge in [0.15, 0.2) is 11.5 Å². The molecule has 0 saturated carbocycles. The van der Waals surface area contributed by atoms with E-state index in [1.165, 1.54) is 12.8 Å². The van der Waals surface area contributed by atoms with E-state index in [2.05, 4.69) is 10.1 Å². The molecule has 5 heteroatoms. The monoisotopic (exact) mass is 262 g/mol. The Morgan fingerprint density at radius 2 is 2.16 bits per heavy atom. The number of benzene rings is 1. The van der Waals surface area contributed by atoms with Gasteiger partial charge < -0.3 is 14.3 Å². The van der Waals surface area contributed by atoms with Gasteiger partial charge in [-0.05, 0) is 38.1 Å². The lowest BCUT2D eigenvalue weighted by atomic mass is 10.1. The van der Waals surface area contributed by atoms with Crippen molar-refractivity contribution in [2.45, 2.75) is 19.4 Å². The fourth-order valence-electron chi connectivity index (χ4n) is 2.60. The van der Waals surface area contributed by atoms with Gasteiger partial charge in [0.05, 0.1) is 6.21 Å². The topological polar surface area (TPSA) is 43.3 Å². The molecule has 2 aliphatic heterocycles. The average molecular weight is 262 g/mol. The van der Waals surface area contributed by atoms with Crippen molar-refractivity contribution >= 4 is 6.21 Å². The van der Waals surface area contributed by atoms with Crippen LogP contribution in [0.4, 0.5) is 0 Å². The second-order valence-electron chi connectivity index (χ2n) is 4.77. The number of likely N-dealkylation sites (tertiary alicyclic amines) is 1. The van der Waals surface area contributed by atoms with Crippen LogP contribution in [0.5, 0.6) is 11.5 Å². The first kappa shape index (κ1) is 12.3. The maximum Gasteiger partial charge on any atom is 0.231 e. The van der Waals surface area contributed by atoms with E-state index < -0.39 is 0 Å². The van der Waals surface area contributed by atoms with Gasteiger partial charge in [0, 0.05) is 17.7 Å². The third-order valence-corrected chi connectivity index (χ3v) is 3.56. The molecule has 2 aliphatic rings. The number of hydrogen-bond acceptors (Lipinski definition) is 5. The number of hydrogen-bond donors (Lipinski definition) is 0. The summed E-state index contributed by atoms with van der Waals surface area (Å²) in [4.78, 5) is 7.21. The van der Waals surface area contributed by atoms with Gasteiger partial charge in [0.2, 0.25) is 6.79 Å². The molecule has 0 atom stereocenters. The van der Waals surface area contributed by atoms with E-state index in [0.29, 0.717) is 6.79 Å². The van der Waals surface area contributed by atoms with Gasteiger partial charge in [-0.15, -0.1) is 0 Å². The third-order valence-electron chi connectivity index (χ3n) is 3.56. The lowest BCUT2D eigenvalue weighted by molar-refractivity contribution is 0.172. The molecule has 1 saturated heterocycles. The Labute approximate surface area is 112 Å². The Hall–Kier alpha value is -1.75. The molecule has 0 bridgehead atoms. The van der Waals surface area contributed by atoms with Crippen molar-refractivity contribution in [1.82, 2.24) is 4.90 Å². The van der Waals surface area contributed by atoms with Gasteiger partial charge in [0.25, 0.3) is 0 Å². The maximum absolute atomic E-state index is 5.61. The first-order valence-electron chi connectivity index (χ1n) is 6.59. The van der Waals surface area contributed by atoms with E-state index in [9.17, 15) is 0 Å². The molecule has 0 radical (unpaired) electrons. The Bertz CT molecular complexity index is 482. The quantitative estimate of drug-likeness (QED) is 0.615. The number of nitrogens with zero attached hydrogens (tertiary/aromatic N) is 2. The average Bonchev–Trinajstić information content (AvgIpc) is 3.08. The maximum atomic E-state index is 5.61. The Morgan fingerprint density at radius 3 is 2.95 bits per heavy atom. The van der Waals surface area contributed by atoms with Crippen LogP contribution in [0.1, 0.15) is 24.0 Å². The summed E-state index contributed by atoms with van der Waals surface area (Å²) < 4.78 is 11.1. The van der Waals surface area contributed by atoms with Crippen LogP contribution in [-0.2, 0) is 11.4 Å². The van der Waals surface area contributed by atoms with E-state index in [1.54, 1.807) is 13.3 Å². The largest absolute Gasteiger partial charge is 0.454 e. The molecule has 0 aliphatic carbocycles. The Kier molecular flexibility index (Phi) is 3.55.